The summed E-state index contributed by atoms with van der Waals surface area (Å²) in [5.41, 5.74) is 16.0. The number of fused-ring (bicyclic) bond motifs is 9. The van der Waals surface area contributed by atoms with Crippen molar-refractivity contribution in [2.75, 3.05) is 0 Å². The molecule has 3 nitrogen and oxygen atoms in total. The van der Waals surface area contributed by atoms with E-state index in [9.17, 15) is 5.26 Å². The van der Waals surface area contributed by atoms with E-state index in [0.29, 0.717) is 5.56 Å². The van der Waals surface area contributed by atoms with Gasteiger partial charge in [0.05, 0.1) is 43.7 Å². The molecule has 0 unspecified atom stereocenters. The molecule has 13 aromatic rings. The smallest absolute Gasteiger partial charge is 0.103 e. The van der Waals surface area contributed by atoms with Crippen LogP contribution in [0.15, 0.2) is 224 Å². The molecule has 65 heavy (non-hydrogen) atoms. The number of aromatic nitrogens is 2. The van der Waals surface area contributed by atoms with Gasteiger partial charge in [-0.3, -0.25) is 0 Å². The molecule has 0 amide bonds. The Morgan fingerprint density at radius 1 is 0.323 bits per heavy atom. The first-order valence-electron chi connectivity index (χ1n) is 22.0. The van der Waals surface area contributed by atoms with Gasteiger partial charge in [0.25, 0.3) is 0 Å². The van der Waals surface area contributed by atoms with E-state index >= 15 is 0 Å². The second kappa shape index (κ2) is 14.8. The van der Waals surface area contributed by atoms with E-state index in [1.165, 1.54) is 11.1 Å². The molecule has 0 saturated heterocycles. The summed E-state index contributed by atoms with van der Waals surface area (Å²) in [6.45, 7) is 0. The molecule has 302 valence electrons. The van der Waals surface area contributed by atoms with Crippen LogP contribution < -0.4 is 0 Å². The third-order valence-electron chi connectivity index (χ3n) is 13.2. The first-order valence-corrected chi connectivity index (χ1v) is 22.8. The van der Waals surface area contributed by atoms with E-state index in [0.717, 1.165) is 109 Å². The van der Waals surface area contributed by atoms with E-state index in [2.05, 4.69) is 240 Å². The van der Waals surface area contributed by atoms with Crippen LogP contribution in [-0.2, 0) is 0 Å². The molecule has 0 bridgehead atoms. The molecule has 0 atom stereocenters. The molecule has 0 radical (unpaired) electrons. The van der Waals surface area contributed by atoms with Crippen LogP contribution in [-0.4, -0.2) is 9.13 Å². The van der Waals surface area contributed by atoms with Crippen molar-refractivity contribution in [1.82, 2.24) is 9.13 Å². The number of hydrogen-bond donors (Lipinski definition) is 0. The third kappa shape index (κ3) is 5.87. The van der Waals surface area contributed by atoms with Crippen LogP contribution in [0.25, 0.3) is 120 Å². The summed E-state index contributed by atoms with van der Waals surface area (Å²) in [4.78, 5) is 0. The van der Waals surface area contributed by atoms with Gasteiger partial charge in [-0.1, -0.05) is 164 Å². The number of benzene rings is 10. The standard InChI is InChI=1S/C61H37N3S/c62-38-53-60(64-56-31-27-45(41-19-9-3-10-20-41)35-50(56)51-36-46(28-32-57(51)64)42-21-11-4-12-22-42)58(37-52-47-23-13-14-24-59(47)65-61(52)53)63-54-29-25-43(39-15-5-1-6-16-39)33-48(54)49-34-44(26-30-55(49)63)40-17-7-2-8-18-40/h1-37H. The summed E-state index contributed by atoms with van der Waals surface area (Å²) >= 11 is 1.70. The highest BCUT2D eigenvalue weighted by molar-refractivity contribution is 7.26. The van der Waals surface area contributed by atoms with Crippen molar-refractivity contribution in [3.8, 4) is 62.0 Å². The molecule has 10 aromatic carbocycles. The maximum absolute atomic E-state index is 11.7. The molecular weight excluding hydrogens is 807 g/mol. The molecule has 4 heteroatoms. The Morgan fingerprint density at radius 3 is 1.09 bits per heavy atom. The predicted molar refractivity (Wildman–Crippen MR) is 274 cm³/mol. The van der Waals surface area contributed by atoms with Gasteiger partial charge in [0, 0.05) is 37.0 Å². The van der Waals surface area contributed by atoms with E-state index < -0.39 is 0 Å². The summed E-state index contributed by atoms with van der Waals surface area (Å²) in [5, 5.41) is 18.5. The van der Waals surface area contributed by atoms with Crippen molar-refractivity contribution in [3.63, 3.8) is 0 Å². The topological polar surface area (TPSA) is 33.6 Å². The summed E-state index contributed by atoms with van der Waals surface area (Å²) < 4.78 is 6.94. The maximum atomic E-state index is 11.7. The van der Waals surface area contributed by atoms with Crippen LogP contribution in [0.2, 0.25) is 0 Å². The summed E-state index contributed by atoms with van der Waals surface area (Å²) in [5.74, 6) is 0. The lowest BCUT2D eigenvalue weighted by Gasteiger charge is -2.19. The van der Waals surface area contributed by atoms with Crippen LogP contribution in [0.1, 0.15) is 5.56 Å². The first kappa shape index (κ1) is 37.1. The minimum Gasteiger partial charge on any atom is -0.307 e. The molecule has 0 aliphatic heterocycles. The largest absolute Gasteiger partial charge is 0.307 e. The zero-order valence-electron chi connectivity index (χ0n) is 35.1. The van der Waals surface area contributed by atoms with Gasteiger partial charge in [0.15, 0.2) is 0 Å². The van der Waals surface area contributed by atoms with Gasteiger partial charge in [-0.2, -0.15) is 5.26 Å². The lowest BCUT2D eigenvalue weighted by atomic mass is 10.0. The normalized spacial score (nSPS) is 11.7. The molecule has 3 aromatic heterocycles. The van der Waals surface area contributed by atoms with Crippen LogP contribution in [0.4, 0.5) is 0 Å². The third-order valence-corrected chi connectivity index (χ3v) is 14.4. The summed E-state index contributed by atoms with van der Waals surface area (Å²) in [6.07, 6.45) is 0. The van der Waals surface area contributed by atoms with Crippen LogP contribution in [0, 0.1) is 11.3 Å². The Hall–Kier alpha value is -8.49. The fourth-order valence-corrected chi connectivity index (χ4v) is 11.3. The Bertz CT molecular complexity index is 3850. The zero-order valence-corrected chi connectivity index (χ0v) is 35.9. The molecule has 0 saturated carbocycles. The van der Waals surface area contributed by atoms with Gasteiger partial charge in [0.2, 0.25) is 0 Å². The van der Waals surface area contributed by atoms with Gasteiger partial charge in [-0.25, -0.2) is 0 Å². The quantitative estimate of drug-likeness (QED) is 0.164. The van der Waals surface area contributed by atoms with Gasteiger partial charge in [-0.15, -0.1) is 11.3 Å². The molecule has 3 heterocycles. The van der Waals surface area contributed by atoms with Gasteiger partial charge < -0.3 is 9.13 Å². The Morgan fingerprint density at radius 2 is 0.692 bits per heavy atom. The number of nitriles is 1. The van der Waals surface area contributed by atoms with E-state index in [1.54, 1.807) is 11.3 Å². The predicted octanol–water partition coefficient (Wildman–Crippen LogP) is 16.8. The van der Waals surface area contributed by atoms with Crippen molar-refractivity contribution >= 4 is 75.1 Å². The SMILES string of the molecule is N#Cc1c(-n2c3ccc(-c4ccccc4)cc3c3cc(-c4ccccc4)ccc32)c(-n2c3ccc(-c4ccccc4)cc3c3cc(-c4ccccc4)ccc32)cc2c1sc1ccccc12. The highest BCUT2D eigenvalue weighted by atomic mass is 32.1. The minimum absolute atomic E-state index is 0.661. The van der Waals surface area contributed by atoms with Crippen molar-refractivity contribution in [1.29, 1.82) is 5.26 Å². The Labute approximate surface area is 379 Å². The molecule has 13 rings (SSSR count). The zero-order chi connectivity index (χ0) is 43.0. The molecular formula is C61H37N3S. The number of nitrogens with zero attached hydrogens (tertiary/aromatic N) is 3. The molecule has 0 aliphatic rings. The second-order valence-corrected chi connectivity index (χ2v) is 17.8. The summed E-state index contributed by atoms with van der Waals surface area (Å²) in [7, 11) is 0. The van der Waals surface area contributed by atoms with Gasteiger partial charge >= 0.3 is 0 Å². The molecule has 0 N–H and O–H groups in total. The van der Waals surface area contributed by atoms with Gasteiger partial charge in [-0.05, 0) is 105 Å². The fraction of sp³-hybridized carbons (Fsp3) is 0. The van der Waals surface area contributed by atoms with Gasteiger partial charge in [0.1, 0.15) is 6.07 Å². The van der Waals surface area contributed by atoms with Crippen molar-refractivity contribution in [2.45, 2.75) is 0 Å². The lowest BCUT2D eigenvalue weighted by Crippen LogP contribution is -2.06. The maximum Gasteiger partial charge on any atom is 0.103 e. The lowest BCUT2D eigenvalue weighted by molar-refractivity contribution is 1.10. The highest BCUT2D eigenvalue weighted by Gasteiger charge is 2.26. The van der Waals surface area contributed by atoms with Crippen molar-refractivity contribution < 1.29 is 0 Å². The number of hydrogen-bond acceptors (Lipinski definition) is 2. The Kier molecular flexibility index (Phi) is 8.46. The Balaban J connectivity index is 1.19. The average molecular weight is 844 g/mol. The van der Waals surface area contributed by atoms with E-state index in [1.807, 2.05) is 0 Å². The van der Waals surface area contributed by atoms with Crippen molar-refractivity contribution in [2.24, 2.45) is 0 Å². The van der Waals surface area contributed by atoms with Crippen molar-refractivity contribution in [3.05, 3.63) is 230 Å². The highest BCUT2D eigenvalue weighted by Crippen LogP contribution is 2.47. The monoisotopic (exact) mass is 843 g/mol. The van der Waals surface area contributed by atoms with Crippen LogP contribution in [0.5, 0.6) is 0 Å². The summed E-state index contributed by atoms with van der Waals surface area (Å²) in [6, 6.07) is 83.5. The van der Waals surface area contributed by atoms with E-state index in [-0.39, 0.29) is 0 Å². The average Bonchev–Trinajstić information content (AvgIpc) is 4.03. The van der Waals surface area contributed by atoms with Crippen LogP contribution in [0.3, 0.4) is 0 Å². The van der Waals surface area contributed by atoms with Crippen LogP contribution >= 0.6 is 11.3 Å². The number of thiophene rings is 1. The molecule has 0 aliphatic carbocycles. The second-order valence-electron chi connectivity index (χ2n) is 16.8. The number of rotatable bonds is 6. The fourth-order valence-electron chi connectivity index (χ4n) is 10.1. The first-order chi connectivity index (χ1) is 32.2. The molecule has 0 fully saturated rings. The van der Waals surface area contributed by atoms with E-state index in [4.69, 9.17) is 0 Å². The minimum atomic E-state index is 0.661. The molecule has 0 spiro atoms.